The Hall–Kier alpha value is -1.31. The van der Waals surface area contributed by atoms with Gasteiger partial charge in [-0.3, -0.25) is 4.79 Å². The summed E-state index contributed by atoms with van der Waals surface area (Å²) in [5, 5.41) is 7.72. The molecule has 0 amide bonds. The number of carboxylic acid groups (broad SMARTS) is 1. The van der Waals surface area contributed by atoms with Crippen LogP contribution >= 0.6 is 0 Å². The minimum atomic E-state index is -0.745. The molecule has 0 spiro atoms. The van der Waals surface area contributed by atoms with Crippen LogP contribution in [0.2, 0.25) is 0 Å². The fraction of sp³-hybridized carbons (Fsp3) is 0.300. The molecule has 1 N–H and O–H groups in total. The summed E-state index contributed by atoms with van der Waals surface area (Å²) in [6.07, 6.45) is 0.222. The standard InChI is InChI=1S/C7H8.C3H6O2/c1-7-5-3-2-4-6-7;1-2-3(4)5/h2-6H,1H3;2H2,1H3,(H,4,5). The number of rotatable bonds is 1. The number of carboxylic acids is 1. The van der Waals surface area contributed by atoms with Gasteiger partial charge in [-0.2, -0.15) is 0 Å². The van der Waals surface area contributed by atoms with Gasteiger partial charge in [0.2, 0.25) is 0 Å². The summed E-state index contributed by atoms with van der Waals surface area (Å²) in [4.78, 5) is 9.37. The second-order valence-electron chi connectivity index (χ2n) is 2.40. The SMILES string of the molecule is CCC(=O)O.Cc1ccccc1. The second kappa shape index (κ2) is 6.40. The van der Waals surface area contributed by atoms with Crippen LogP contribution in [0.4, 0.5) is 0 Å². The van der Waals surface area contributed by atoms with E-state index in [1.807, 2.05) is 18.2 Å². The lowest BCUT2D eigenvalue weighted by molar-refractivity contribution is -0.136. The molecule has 0 aromatic heterocycles. The Morgan fingerprint density at radius 3 is 1.92 bits per heavy atom. The molecule has 0 bridgehead atoms. The Kier molecular flexibility index (Phi) is 5.70. The molecule has 66 valence electrons. The molecule has 2 heteroatoms. The molecule has 0 saturated carbocycles. The van der Waals surface area contributed by atoms with Crippen molar-refractivity contribution in [1.82, 2.24) is 0 Å². The Balaban J connectivity index is 0.000000217. The minimum Gasteiger partial charge on any atom is -0.481 e. The Morgan fingerprint density at radius 2 is 1.75 bits per heavy atom. The van der Waals surface area contributed by atoms with Crippen molar-refractivity contribution in [2.45, 2.75) is 20.3 Å². The lowest BCUT2D eigenvalue weighted by atomic mass is 10.2. The number of hydrogen-bond donors (Lipinski definition) is 1. The average molecular weight is 166 g/mol. The summed E-state index contributed by atoms with van der Waals surface area (Å²) in [5.74, 6) is -0.745. The van der Waals surface area contributed by atoms with Gasteiger partial charge in [0, 0.05) is 6.42 Å². The molecule has 1 aromatic rings. The lowest BCUT2D eigenvalue weighted by Crippen LogP contribution is -1.86. The maximum Gasteiger partial charge on any atom is 0.303 e. The molecule has 0 atom stereocenters. The number of aryl methyl sites for hydroxylation is 1. The van der Waals surface area contributed by atoms with Gasteiger partial charge in [0.1, 0.15) is 0 Å². The zero-order chi connectivity index (χ0) is 9.40. The summed E-state index contributed by atoms with van der Waals surface area (Å²) in [7, 11) is 0. The van der Waals surface area contributed by atoms with E-state index in [0.29, 0.717) is 0 Å². The van der Waals surface area contributed by atoms with E-state index in [4.69, 9.17) is 5.11 Å². The van der Waals surface area contributed by atoms with Crippen molar-refractivity contribution in [3.8, 4) is 0 Å². The molecule has 1 aromatic carbocycles. The van der Waals surface area contributed by atoms with E-state index in [2.05, 4.69) is 19.1 Å². The first-order valence-corrected chi connectivity index (χ1v) is 3.90. The van der Waals surface area contributed by atoms with Crippen LogP contribution in [0.1, 0.15) is 18.9 Å². The predicted octanol–water partition coefficient (Wildman–Crippen LogP) is 2.48. The highest BCUT2D eigenvalue weighted by molar-refractivity contribution is 5.66. The third-order valence-corrected chi connectivity index (χ3v) is 1.24. The fourth-order valence-electron chi connectivity index (χ4n) is 0.534. The van der Waals surface area contributed by atoms with Crippen LogP contribution in [-0.2, 0) is 4.79 Å². The minimum absolute atomic E-state index is 0.222. The maximum atomic E-state index is 9.37. The maximum absolute atomic E-state index is 9.37. The van der Waals surface area contributed by atoms with Crippen LogP contribution in [0, 0.1) is 6.92 Å². The van der Waals surface area contributed by atoms with E-state index in [1.54, 1.807) is 6.92 Å². The van der Waals surface area contributed by atoms with Gasteiger partial charge in [0.15, 0.2) is 0 Å². The molecule has 0 fully saturated rings. The predicted molar refractivity (Wildman–Crippen MR) is 49.1 cm³/mol. The smallest absolute Gasteiger partial charge is 0.303 e. The summed E-state index contributed by atoms with van der Waals surface area (Å²) in [6, 6.07) is 10.3. The van der Waals surface area contributed by atoms with Crippen molar-refractivity contribution in [3.05, 3.63) is 35.9 Å². The number of hydrogen-bond acceptors (Lipinski definition) is 1. The second-order valence-corrected chi connectivity index (χ2v) is 2.40. The average Bonchev–Trinajstić information content (AvgIpc) is 2.07. The third-order valence-electron chi connectivity index (χ3n) is 1.24. The largest absolute Gasteiger partial charge is 0.481 e. The molecule has 0 heterocycles. The highest BCUT2D eigenvalue weighted by atomic mass is 16.4. The van der Waals surface area contributed by atoms with E-state index in [9.17, 15) is 4.79 Å². The van der Waals surface area contributed by atoms with Gasteiger partial charge in [0.05, 0.1) is 0 Å². The fourth-order valence-corrected chi connectivity index (χ4v) is 0.534. The molecule has 0 aliphatic heterocycles. The molecule has 1 rings (SSSR count). The van der Waals surface area contributed by atoms with Crippen molar-refractivity contribution in [2.24, 2.45) is 0 Å². The molecular formula is C10H14O2. The summed E-state index contributed by atoms with van der Waals surface area (Å²) in [6.45, 7) is 3.68. The van der Waals surface area contributed by atoms with E-state index in [-0.39, 0.29) is 6.42 Å². The normalized spacial score (nSPS) is 8.17. The summed E-state index contributed by atoms with van der Waals surface area (Å²) < 4.78 is 0. The van der Waals surface area contributed by atoms with Crippen LogP contribution < -0.4 is 0 Å². The van der Waals surface area contributed by atoms with Crippen LogP contribution in [-0.4, -0.2) is 11.1 Å². The van der Waals surface area contributed by atoms with Crippen LogP contribution in [0.3, 0.4) is 0 Å². The molecular weight excluding hydrogens is 152 g/mol. The van der Waals surface area contributed by atoms with Crippen LogP contribution in [0.15, 0.2) is 30.3 Å². The highest BCUT2D eigenvalue weighted by Gasteiger charge is 1.80. The number of aliphatic carboxylic acids is 1. The monoisotopic (exact) mass is 166 g/mol. The summed E-state index contributed by atoms with van der Waals surface area (Å²) >= 11 is 0. The molecule has 2 nitrogen and oxygen atoms in total. The zero-order valence-corrected chi connectivity index (χ0v) is 7.45. The highest BCUT2D eigenvalue weighted by Crippen LogP contribution is 1.92. The van der Waals surface area contributed by atoms with Gasteiger partial charge in [-0.05, 0) is 6.92 Å². The number of carbonyl (C=O) groups is 1. The van der Waals surface area contributed by atoms with Crippen molar-refractivity contribution in [2.75, 3.05) is 0 Å². The number of benzene rings is 1. The first kappa shape index (κ1) is 10.7. The molecule has 0 radical (unpaired) electrons. The Morgan fingerprint density at radius 1 is 1.33 bits per heavy atom. The van der Waals surface area contributed by atoms with Crippen molar-refractivity contribution in [1.29, 1.82) is 0 Å². The molecule has 12 heavy (non-hydrogen) atoms. The third kappa shape index (κ3) is 6.81. The van der Waals surface area contributed by atoms with Crippen molar-refractivity contribution in [3.63, 3.8) is 0 Å². The van der Waals surface area contributed by atoms with Gasteiger partial charge < -0.3 is 5.11 Å². The Bertz CT molecular complexity index is 217. The zero-order valence-electron chi connectivity index (χ0n) is 7.45. The van der Waals surface area contributed by atoms with Crippen LogP contribution in [0.5, 0.6) is 0 Å². The Labute approximate surface area is 72.9 Å². The first-order chi connectivity index (χ1) is 5.66. The molecule has 0 unspecified atom stereocenters. The van der Waals surface area contributed by atoms with Gasteiger partial charge >= 0.3 is 5.97 Å². The van der Waals surface area contributed by atoms with E-state index < -0.39 is 5.97 Å². The first-order valence-electron chi connectivity index (χ1n) is 3.90. The molecule has 0 aliphatic rings. The molecule has 0 saturated heterocycles. The lowest BCUT2D eigenvalue weighted by Gasteiger charge is -1.82. The van der Waals surface area contributed by atoms with E-state index in [0.717, 1.165) is 0 Å². The molecule has 0 aliphatic carbocycles. The summed E-state index contributed by atoms with van der Waals surface area (Å²) in [5.41, 5.74) is 1.32. The van der Waals surface area contributed by atoms with Gasteiger partial charge in [0.25, 0.3) is 0 Å². The van der Waals surface area contributed by atoms with Gasteiger partial charge in [-0.15, -0.1) is 0 Å². The van der Waals surface area contributed by atoms with Crippen LogP contribution in [0.25, 0.3) is 0 Å². The van der Waals surface area contributed by atoms with E-state index in [1.165, 1.54) is 5.56 Å². The van der Waals surface area contributed by atoms with Gasteiger partial charge in [-0.1, -0.05) is 42.8 Å². The van der Waals surface area contributed by atoms with Crippen molar-refractivity contribution >= 4 is 5.97 Å². The topological polar surface area (TPSA) is 37.3 Å². The van der Waals surface area contributed by atoms with E-state index >= 15 is 0 Å². The quantitative estimate of drug-likeness (QED) is 0.695. The van der Waals surface area contributed by atoms with Crippen molar-refractivity contribution < 1.29 is 9.90 Å². The van der Waals surface area contributed by atoms with Gasteiger partial charge in [-0.25, -0.2) is 0 Å².